The van der Waals surface area contributed by atoms with Crippen molar-refractivity contribution < 1.29 is 19.6 Å². The van der Waals surface area contributed by atoms with Crippen LogP contribution in [0.1, 0.15) is 24.2 Å². The van der Waals surface area contributed by atoms with Crippen LogP contribution in [0.25, 0.3) is 0 Å². The second-order valence-corrected chi connectivity index (χ2v) is 2.99. The number of hydrogen-bond acceptors (Lipinski definition) is 4. The van der Waals surface area contributed by atoms with Gasteiger partial charge < -0.3 is 9.90 Å². The van der Waals surface area contributed by atoms with Crippen molar-refractivity contribution in [2.24, 2.45) is 0 Å². The normalized spacial score (nSPS) is 8.62. The molecule has 0 atom stereocenters. The van der Waals surface area contributed by atoms with E-state index >= 15 is 0 Å². The number of nitrogens with zero attached hydrogens (tertiary/aromatic N) is 1. The zero-order valence-corrected chi connectivity index (χ0v) is 8.84. The highest BCUT2D eigenvalue weighted by molar-refractivity contribution is 5.92. The molecule has 0 aliphatic rings. The summed E-state index contributed by atoms with van der Waals surface area (Å²) in [6, 6.07) is 5.21. The van der Waals surface area contributed by atoms with Crippen LogP contribution in [0, 0.1) is 10.1 Å². The third-order valence-electron chi connectivity index (χ3n) is 1.33. The topological polar surface area (TPSA) is 97.5 Å². The molecule has 0 saturated carbocycles. The molecule has 0 bridgehead atoms. The van der Waals surface area contributed by atoms with E-state index in [4.69, 9.17) is 5.11 Å². The van der Waals surface area contributed by atoms with Gasteiger partial charge in [0.25, 0.3) is 5.69 Å². The summed E-state index contributed by atoms with van der Waals surface area (Å²) in [4.78, 5) is 29.4. The molecule has 0 aromatic heterocycles. The van der Waals surface area contributed by atoms with E-state index in [-0.39, 0.29) is 17.0 Å². The average molecular weight is 225 g/mol. The van der Waals surface area contributed by atoms with E-state index in [9.17, 15) is 19.7 Å². The van der Waals surface area contributed by atoms with Crippen LogP contribution in [-0.2, 0) is 4.79 Å². The Kier molecular flexibility index (Phi) is 5.40. The maximum atomic E-state index is 10.4. The lowest BCUT2D eigenvalue weighted by atomic mass is 10.2. The predicted molar refractivity (Wildman–Crippen MR) is 56.4 cm³/mol. The summed E-state index contributed by atoms with van der Waals surface area (Å²) in [7, 11) is 0. The molecule has 1 aromatic carbocycles. The third kappa shape index (κ3) is 4.85. The number of carbonyl (C=O) groups is 2. The van der Waals surface area contributed by atoms with Crippen molar-refractivity contribution >= 4 is 17.4 Å². The quantitative estimate of drug-likeness (QED) is 0.612. The van der Waals surface area contributed by atoms with Crippen molar-refractivity contribution in [3.63, 3.8) is 0 Å². The van der Waals surface area contributed by atoms with Gasteiger partial charge in [0.1, 0.15) is 11.3 Å². The molecular formula is C10H11NO5. The van der Waals surface area contributed by atoms with Gasteiger partial charge in [-0.05, 0) is 19.9 Å². The largest absolute Gasteiger partial charge is 0.477 e. The van der Waals surface area contributed by atoms with Crippen LogP contribution >= 0.6 is 0 Å². The number of hydrogen-bond donors (Lipinski definition) is 1. The highest BCUT2D eigenvalue weighted by atomic mass is 16.6. The molecule has 0 radical (unpaired) electrons. The molecule has 0 heterocycles. The Morgan fingerprint density at radius 3 is 2.00 bits per heavy atom. The zero-order valence-electron chi connectivity index (χ0n) is 8.84. The molecule has 6 heteroatoms. The van der Waals surface area contributed by atoms with E-state index in [2.05, 4.69) is 0 Å². The van der Waals surface area contributed by atoms with Gasteiger partial charge >= 0.3 is 5.97 Å². The van der Waals surface area contributed by atoms with Gasteiger partial charge in [0, 0.05) is 6.07 Å². The Hall–Kier alpha value is -2.24. The summed E-state index contributed by atoms with van der Waals surface area (Å²) in [6.45, 7) is 3.06. The molecule has 0 saturated heterocycles. The van der Waals surface area contributed by atoms with Gasteiger partial charge in [-0.3, -0.25) is 10.1 Å². The van der Waals surface area contributed by atoms with Crippen LogP contribution < -0.4 is 0 Å². The van der Waals surface area contributed by atoms with Crippen molar-refractivity contribution in [1.82, 2.24) is 0 Å². The van der Waals surface area contributed by atoms with Crippen LogP contribution in [0.5, 0.6) is 0 Å². The molecule has 86 valence electrons. The molecular weight excluding hydrogens is 214 g/mol. The summed E-state index contributed by atoms with van der Waals surface area (Å²) in [5.74, 6) is -1.12. The van der Waals surface area contributed by atoms with Gasteiger partial charge in [-0.25, -0.2) is 4.79 Å². The molecule has 0 unspecified atom stereocenters. The first-order valence-electron chi connectivity index (χ1n) is 4.30. The summed E-state index contributed by atoms with van der Waals surface area (Å²) in [5, 5.41) is 18.8. The summed E-state index contributed by atoms with van der Waals surface area (Å²) >= 11 is 0. The highest BCUT2D eigenvalue weighted by Gasteiger charge is 2.17. The molecule has 1 aromatic rings. The fourth-order valence-electron chi connectivity index (χ4n) is 0.814. The van der Waals surface area contributed by atoms with Crippen molar-refractivity contribution in [2.45, 2.75) is 13.8 Å². The van der Waals surface area contributed by atoms with Crippen LogP contribution in [0.2, 0.25) is 0 Å². The van der Waals surface area contributed by atoms with Crippen molar-refractivity contribution in [2.75, 3.05) is 0 Å². The molecule has 0 fully saturated rings. The SMILES string of the molecule is CC(C)=O.O=C(O)c1ccccc1[N+](=O)[O-]. The molecule has 0 aliphatic heterocycles. The Morgan fingerprint density at radius 2 is 1.69 bits per heavy atom. The van der Waals surface area contributed by atoms with E-state index in [1.807, 2.05) is 0 Å². The molecule has 16 heavy (non-hydrogen) atoms. The second-order valence-electron chi connectivity index (χ2n) is 2.99. The monoisotopic (exact) mass is 225 g/mol. The number of rotatable bonds is 2. The number of ketones is 1. The zero-order chi connectivity index (χ0) is 12.7. The molecule has 1 N–H and O–H groups in total. The lowest BCUT2D eigenvalue weighted by Crippen LogP contribution is -2.01. The van der Waals surface area contributed by atoms with E-state index < -0.39 is 10.9 Å². The van der Waals surface area contributed by atoms with Gasteiger partial charge in [-0.2, -0.15) is 0 Å². The summed E-state index contributed by atoms with van der Waals surface area (Å²) < 4.78 is 0. The van der Waals surface area contributed by atoms with E-state index in [0.717, 1.165) is 6.07 Å². The van der Waals surface area contributed by atoms with Crippen molar-refractivity contribution in [3.05, 3.63) is 39.9 Å². The first-order chi connectivity index (χ1) is 7.36. The number of carboxylic acid groups (broad SMARTS) is 1. The van der Waals surface area contributed by atoms with Crippen LogP contribution in [0.15, 0.2) is 24.3 Å². The number of Topliss-reactive ketones (excluding diaryl/α,β-unsaturated/α-hetero) is 1. The Bertz CT molecular complexity index is 376. The minimum atomic E-state index is -1.29. The number of para-hydroxylation sites is 1. The van der Waals surface area contributed by atoms with Crippen molar-refractivity contribution in [3.8, 4) is 0 Å². The standard InChI is InChI=1S/C7H5NO4.C3H6O/c9-7(10)5-3-1-2-4-6(5)8(11)12;1-3(2)4/h1-4H,(H,9,10);1-2H3. The summed E-state index contributed by atoms with van der Waals surface area (Å²) in [5.41, 5.74) is -0.674. The minimum absolute atomic E-state index is 0.167. The molecule has 0 aliphatic carbocycles. The second kappa shape index (κ2) is 6.28. The first-order valence-corrected chi connectivity index (χ1v) is 4.30. The van der Waals surface area contributed by atoms with E-state index in [0.29, 0.717) is 0 Å². The minimum Gasteiger partial charge on any atom is -0.477 e. The smallest absolute Gasteiger partial charge is 0.342 e. The highest BCUT2D eigenvalue weighted by Crippen LogP contribution is 2.16. The number of nitro benzene ring substituents is 1. The van der Waals surface area contributed by atoms with Crippen LogP contribution in [0.4, 0.5) is 5.69 Å². The fourth-order valence-corrected chi connectivity index (χ4v) is 0.814. The van der Waals surface area contributed by atoms with Crippen molar-refractivity contribution in [1.29, 1.82) is 0 Å². The van der Waals surface area contributed by atoms with E-state index in [1.54, 1.807) is 0 Å². The van der Waals surface area contributed by atoms with Crippen LogP contribution in [-0.4, -0.2) is 21.8 Å². The first kappa shape index (κ1) is 13.8. The average Bonchev–Trinajstić information content (AvgIpc) is 2.16. The Balaban J connectivity index is 0.000000487. The van der Waals surface area contributed by atoms with Gasteiger partial charge in [0.15, 0.2) is 0 Å². The number of aromatic carboxylic acids is 1. The van der Waals surface area contributed by atoms with Gasteiger partial charge in [-0.1, -0.05) is 12.1 Å². The number of carbonyl (C=O) groups excluding carboxylic acids is 1. The fraction of sp³-hybridized carbons (Fsp3) is 0.200. The van der Waals surface area contributed by atoms with Gasteiger partial charge in [0.2, 0.25) is 0 Å². The number of carboxylic acids is 1. The lowest BCUT2D eigenvalue weighted by molar-refractivity contribution is -0.385. The molecule has 0 amide bonds. The maximum absolute atomic E-state index is 10.4. The van der Waals surface area contributed by atoms with Crippen LogP contribution in [0.3, 0.4) is 0 Å². The molecule has 6 nitrogen and oxygen atoms in total. The number of benzene rings is 1. The van der Waals surface area contributed by atoms with Gasteiger partial charge in [-0.15, -0.1) is 0 Å². The Labute approximate surface area is 91.7 Å². The van der Waals surface area contributed by atoms with E-state index in [1.165, 1.54) is 32.0 Å². The summed E-state index contributed by atoms with van der Waals surface area (Å²) in [6.07, 6.45) is 0. The Morgan fingerprint density at radius 1 is 1.25 bits per heavy atom. The molecule has 1 rings (SSSR count). The third-order valence-corrected chi connectivity index (χ3v) is 1.33. The molecule has 0 spiro atoms. The maximum Gasteiger partial charge on any atom is 0.342 e. The lowest BCUT2D eigenvalue weighted by Gasteiger charge is -1.94. The van der Waals surface area contributed by atoms with Gasteiger partial charge in [0.05, 0.1) is 4.92 Å². The number of nitro groups is 1. The predicted octanol–water partition coefficient (Wildman–Crippen LogP) is 1.89.